The van der Waals surface area contributed by atoms with Gasteiger partial charge in [-0.2, -0.15) is 0 Å². The van der Waals surface area contributed by atoms with E-state index in [2.05, 4.69) is 5.32 Å². The highest BCUT2D eigenvalue weighted by Crippen LogP contribution is 2.22. The Morgan fingerprint density at radius 2 is 2.25 bits per heavy atom. The van der Waals surface area contributed by atoms with Crippen molar-refractivity contribution in [2.45, 2.75) is 0 Å². The molecule has 0 saturated carbocycles. The van der Waals surface area contributed by atoms with Gasteiger partial charge in [0.15, 0.2) is 0 Å². The van der Waals surface area contributed by atoms with Gasteiger partial charge in [0.05, 0.1) is 10.5 Å². The molecule has 0 aliphatic carbocycles. The zero-order valence-corrected chi connectivity index (χ0v) is 8.34. The summed E-state index contributed by atoms with van der Waals surface area (Å²) in [6.45, 7) is 0.488. The molecule has 0 saturated heterocycles. The van der Waals surface area contributed by atoms with Gasteiger partial charge < -0.3 is 16.2 Å². The first-order valence-corrected chi connectivity index (χ1v) is 4.52. The third-order valence-electron chi connectivity index (χ3n) is 1.87. The Hall–Kier alpha value is -2.15. The van der Waals surface area contributed by atoms with Gasteiger partial charge >= 0.3 is 0 Å². The molecule has 0 aliphatic rings. The fraction of sp³-hybridized carbons (Fsp3) is 0.222. The van der Waals surface area contributed by atoms with Crippen LogP contribution in [0, 0.1) is 10.1 Å². The van der Waals surface area contributed by atoms with Gasteiger partial charge in [0, 0.05) is 25.2 Å². The molecule has 0 atom stereocenters. The highest BCUT2D eigenvalue weighted by atomic mass is 16.6. The van der Waals surface area contributed by atoms with E-state index in [4.69, 9.17) is 5.73 Å². The molecule has 0 heterocycles. The smallest absolute Gasteiger partial charge is 0.270 e. The van der Waals surface area contributed by atoms with E-state index in [1.54, 1.807) is 0 Å². The van der Waals surface area contributed by atoms with Crippen LogP contribution in [0.4, 0.5) is 5.69 Å². The summed E-state index contributed by atoms with van der Waals surface area (Å²) in [6.07, 6.45) is 0. The van der Waals surface area contributed by atoms with E-state index in [1.807, 2.05) is 0 Å². The van der Waals surface area contributed by atoms with E-state index in [1.165, 1.54) is 0 Å². The van der Waals surface area contributed by atoms with Crippen molar-refractivity contribution in [2.24, 2.45) is 5.73 Å². The minimum atomic E-state index is -0.640. The van der Waals surface area contributed by atoms with Crippen LogP contribution in [0.2, 0.25) is 0 Å². The topological polar surface area (TPSA) is 118 Å². The summed E-state index contributed by atoms with van der Waals surface area (Å²) in [4.78, 5) is 21.3. The molecule has 0 aliphatic heterocycles. The average Bonchev–Trinajstić information content (AvgIpc) is 2.26. The van der Waals surface area contributed by atoms with Crippen LogP contribution in [0.5, 0.6) is 5.75 Å². The van der Waals surface area contributed by atoms with Gasteiger partial charge in [-0.05, 0) is 6.07 Å². The largest absolute Gasteiger partial charge is 0.507 e. The van der Waals surface area contributed by atoms with Gasteiger partial charge in [-0.3, -0.25) is 14.9 Å². The first-order valence-electron chi connectivity index (χ1n) is 4.52. The lowest BCUT2D eigenvalue weighted by Crippen LogP contribution is -2.29. The Bertz CT molecular complexity index is 419. The van der Waals surface area contributed by atoms with Gasteiger partial charge in [-0.1, -0.05) is 0 Å². The number of aromatic hydroxyl groups is 1. The number of carbonyl (C=O) groups is 1. The molecule has 0 fully saturated rings. The standard InChI is InChI=1S/C9H11N3O4/c10-3-4-11-9(14)7-5-6(12(15)16)1-2-8(7)13/h1-2,5,13H,3-4,10H2,(H,11,14). The summed E-state index contributed by atoms with van der Waals surface area (Å²) >= 11 is 0. The molecule has 7 heteroatoms. The summed E-state index contributed by atoms with van der Waals surface area (Å²) in [5, 5.41) is 22.3. The highest BCUT2D eigenvalue weighted by Gasteiger charge is 2.15. The number of non-ortho nitro benzene ring substituents is 1. The van der Waals surface area contributed by atoms with Crippen molar-refractivity contribution in [3.05, 3.63) is 33.9 Å². The number of carbonyl (C=O) groups excluding carboxylic acids is 1. The third kappa shape index (κ3) is 2.67. The molecule has 4 N–H and O–H groups in total. The number of nitro groups is 1. The molecule has 7 nitrogen and oxygen atoms in total. The molecular formula is C9H11N3O4. The number of benzene rings is 1. The maximum Gasteiger partial charge on any atom is 0.270 e. The van der Waals surface area contributed by atoms with E-state index in [0.29, 0.717) is 0 Å². The summed E-state index contributed by atoms with van der Waals surface area (Å²) < 4.78 is 0. The monoisotopic (exact) mass is 225 g/mol. The molecule has 86 valence electrons. The number of nitrogens with two attached hydrogens (primary N) is 1. The van der Waals surface area contributed by atoms with Crippen molar-refractivity contribution in [1.29, 1.82) is 0 Å². The Balaban J connectivity index is 2.97. The number of nitrogens with one attached hydrogen (secondary N) is 1. The van der Waals surface area contributed by atoms with Crippen LogP contribution in [0.25, 0.3) is 0 Å². The van der Waals surface area contributed by atoms with Crippen LogP contribution >= 0.6 is 0 Å². The summed E-state index contributed by atoms with van der Waals surface area (Å²) in [5.41, 5.74) is 4.80. The number of nitrogens with zero attached hydrogens (tertiary/aromatic N) is 1. The SMILES string of the molecule is NCCNC(=O)c1cc([N+](=O)[O-])ccc1O. The number of rotatable bonds is 4. The predicted octanol–water partition coefficient (Wildman–Crippen LogP) is -0.0111. The van der Waals surface area contributed by atoms with Crippen LogP contribution < -0.4 is 11.1 Å². The first kappa shape index (κ1) is 11.9. The van der Waals surface area contributed by atoms with Crippen molar-refractivity contribution < 1.29 is 14.8 Å². The molecule has 0 spiro atoms. The predicted molar refractivity (Wildman–Crippen MR) is 56.1 cm³/mol. The van der Waals surface area contributed by atoms with Crippen molar-refractivity contribution >= 4 is 11.6 Å². The lowest BCUT2D eigenvalue weighted by Gasteiger charge is -2.05. The molecule has 0 radical (unpaired) electrons. The fourth-order valence-corrected chi connectivity index (χ4v) is 1.10. The number of phenols is 1. The zero-order chi connectivity index (χ0) is 12.1. The van der Waals surface area contributed by atoms with Crippen LogP contribution in [-0.2, 0) is 0 Å². The van der Waals surface area contributed by atoms with Crippen LogP contribution in [0.1, 0.15) is 10.4 Å². The Labute approximate surface area is 91.0 Å². The van der Waals surface area contributed by atoms with Crippen LogP contribution in [0.3, 0.4) is 0 Å². The summed E-state index contributed by atoms with van der Waals surface area (Å²) in [5.74, 6) is -0.897. The van der Waals surface area contributed by atoms with E-state index in [0.717, 1.165) is 18.2 Å². The number of hydrogen-bond donors (Lipinski definition) is 3. The second-order valence-corrected chi connectivity index (χ2v) is 3.00. The molecule has 1 rings (SSSR count). The lowest BCUT2D eigenvalue weighted by atomic mass is 10.1. The summed E-state index contributed by atoms with van der Waals surface area (Å²) in [6, 6.07) is 3.24. The fourth-order valence-electron chi connectivity index (χ4n) is 1.10. The quantitative estimate of drug-likeness (QED) is 0.491. The van der Waals surface area contributed by atoms with Crippen LogP contribution in [-0.4, -0.2) is 29.0 Å². The normalized spacial score (nSPS) is 9.81. The lowest BCUT2D eigenvalue weighted by molar-refractivity contribution is -0.384. The molecule has 16 heavy (non-hydrogen) atoms. The van der Waals surface area contributed by atoms with Gasteiger partial charge in [-0.25, -0.2) is 0 Å². The molecule has 1 aromatic carbocycles. The number of phenolic OH excluding ortho intramolecular Hbond substituents is 1. The Morgan fingerprint density at radius 3 is 2.81 bits per heavy atom. The number of hydrogen-bond acceptors (Lipinski definition) is 5. The van der Waals surface area contributed by atoms with Gasteiger partial charge in [0.1, 0.15) is 5.75 Å². The maximum absolute atomic E-state index is 11.4. The van der Waals surface area contributed by atoms with Gasteiger partial charge in [-0.15, -0.1) is 0 Å². The second kappa shape index (κ2) is 5.08. The van der Waals surface area contributed by atoms with Gasteiger partial charge in [0.2, 0.25) is 0 Å². The Morgan fingerprint density at radius 1 is 1.56 bits per heavy atom. The molecule has 0 unspecified atom stereocenters. The van der Waals surface area contributed by atoms with Crippen LogP contribution in [0.15, 0.2) is 18.2 Å². The van der Waals surface area contributed by atoms with Crippen molar-refractivity contribution in [1.82, 2.24) is 5.32 Å². The maximum atomic E-state index is 11.4. The molecule has 1 aromatic rings. The highest BCUT2D eigenvalue weighted by molar-refractivity contribution is 5.97. The summed E-state index contributed by atoms with van der Waals surface area (Å²) in [7, 11) is 0. The minimum absolute atomic E-state index is 0.136. The molecule has 1 amide bonds. The van der Waals surface area contributed by atoms with Crippen molar-refractivity contribution in [2.75, 3.05) is 13.1 Å². The van der Waals surface area contributed by atoms with Crippen molar-refractivity contribution in [3.8, 4) is 5.75 Å². The van der Waals surface area contributed by atoms with E-state index < -0.39 is 10.8 Å². The van der Waals surface area contributed by atoms with Crippen molar-refractivity contribution in [3.63, 3.8) is 0 Å². The number of amides is 1. The third-order valence-corrected chi connectivity index (χ3v) is 1.87. The molecule has 0 aromatic heterocycles. The van der Waals surface area contributed by atoms with E-state index in [-0.39, 0.29) is 30.1 Å². The molecular weight excluding hydrogens is 214 g/mol. The number of nitro benzene ring substituents is 1. The zero-order valence-electron chi connectivity index (χ0n) is 8.34. The van der Waals surface area contributed by atoms with E-state index >= 15 is 0 Å². The minimum Gasteiger partial charge on any atom is -0.507 e. The second-order valence-electron chi connectivity index (χ2n) is 3.00. The Kier molecular flexibility index (Phi) is 3.78. The molecule has 0 bridgehead atoms. The average molecular weight is 225 g/mol. The first-order chi connectivity index (χ1) is 7.56. The van der Waals surface area contributed by atoms with E-state index in [9.17, 15) is 20.0 Å². The van der Waals surface area contributed by atoms with Gasteiger partial charge in [0.25, 0.3) is 11.6 Å².